The van der Waals surface area contributed by atoms with Gasteiger partial charge in [0.25, 0.3) is 11.9 Å². The Morgan fingerprint density at radius 1 is 1.16 bits per heavy atom. The smallest absolute Gasteiger partial charge is 0.292 e. The van der Waals surface area contributed by atoms with Crippen LogP contribution < -0.4 is 5.73 Å². The predicted octanol–water partition coefficient (Wildman–Crippen LogP) is 1.62. The second kappa shape index (κ2) is 6.79. The average Bonchev–Trinajstić information content (AvgIpc) is 3.42. The van der Waals surface area contributed by atoms with Crippen LogP contribution in [0.1, 0.15) is 16.9 Å². The van der Waals surface area contributed by atoms with E-state index in [1.54, 1.807) is 6.20 Å². The van der Waals surface area contributed by atoms with E-state index in [-0.39, 0.29) is 18.0 Å². The van der Waals surface area contributed by atoms with E-state index in [2.05, 4.69) is 14.9 Å². The zero-order chi connectivity index (χ0) is 21.1. The van der Waals surface area contributed by atoms with Gasteiger partial charge in [-0.15, -0.1) is 0 Å². The molecule has 2 aliphatic heterocycles. The van der Waals surface area contributed by atoms with Crippen LogP contribution in [0.3, 0.4) is 0 Å². The third-order valence-corrected chi connectivity index (χ3v) is 6.32. The molecule has 6 rings (SSSR count). The van der Waals surface area contributed by atoms with Gasteiger partial charge in [-0.1, -0.05) is 6.07 Å². The van der Waals surface area contributed by atoms with E-state index in [4.69, 9.17) is 10.2 Å². The number of amides is 1. The molecule has 3 N–H and O–H groups in total. The molecular weight excluding hydrogens is 396 g/mol. The highest BCUT2D eigenvalue weighted by Gasteiger charge is 2.38. The lowest BCUT2D eigenvalue weighted by molar-refractivity contribution is 0.0293. The van der Waals surface area contributed by atoms with Crippen molar-refractivity contribution in [3.63, 3.8) is 0 Å². The second-order valence-electron chi connectivity index (χ2n) is 8.33. The first-order valence-electron chi connectivity index (χ1n) is 10.4. The van der Waals surface area contributed by atoms with E-state index in [0.717, 1.165) is 29.7 Å². The Hall–Kier alpha value is -3.43. The van der Waals surface area contributed by atoms with Gasteiger partial charge in [-0.3, -0.25) is 14.1 Å². The zero-order valence-electron chi connectivity index (χ0n) is 16.8. The van der Waals surface area contributed by atoms with Crippen molar-refractivity contribution >= 4 is 28.7 Å². The number of aliphatic hydroxyl groups is 1. The Balaban J connectivity index is 1.26. The molecule has 1 atom stereocenters. The number of likely N-dealkylation sites (tertiary alicyclic amines) is 2. The van der Waals surface area contributed by atoms with E-state index in [9.17, 15) is 9.90 Å². The first kappa shape index (κ1) is 18.3. The number of imidazole rings is 1. The molecule has 31 heavy (non-hydrogen) atoms. The molecule has 1 unspecified atom stereocenters. The van der Waals surface area contributed by atoms with Gasteiger partial charge in [0.05, 0.1) is 12.3 Å². The molecule has 5 heterocycles. The van der Waals surface area contributed by atoms with Gasteiger partial charge in [0.1, 0.15) is 16.9 Å². The van der Waals surface area contributed by atoms with Crippen molar-refractivity contribution < 1.29 is 14.3 Å². The van der Waals surface area contributed by atoms with Crippen molar-refractivity contribution in [2.45, 2.75) is 18.6 Å². The average molecular weight is 418 g/mol. The summed E-state index contributed by atoms with van der Waals surface area (Å²) in [4.78, 5) is 25.8. The summed E-state index contributed by atoms with van der Waals surface area (Å²) in [7, 11) is 0. The number of benzene rings is 1. The molecule has 4 aromatic rings. The van der Waals surface area contributed by atoms with Crippen molar-refractivity contribution in [1.29, 1.82) is 0 Å². The Morgan fingerprint density at radius 2 is 2.00 bits per heavy atom. The Morgan fingerprint density at radius 3 is 2.81 bits per heavy atom. The van der Waals surface area contributed by atoms with Crippen molar-refractivity contribution in [2.24, 2.45) is 0 Å². The molecule has 2 saturated heterocycles. The quantitative estimate of drug-likeness (QED) is 0.520. The number of nitrogens with two attached hydrogens (primary N) is 1. The first-order chi connectivity index (χ1) is 15.0. The lowest BCUT2D eigenvalue weighted by Gasteiger charge is -2.43. The SMILES string of the molecule is Nc1nc2cc(-c3ccc4ncc(C(=O)N5CC(N6CCC(O)C6)C5)n4c3)ccc2o1. The molecule has 9 nitrogen and oxygen atoms in total. The molecule has 0 aliphatic carbocycles. The first-order valence-corrected chi connectivity index (χ1v) is 10.4. The van der Waals surface area contributed by atoms with Crippen molar-refractivity contribution in [1.82, 2.24) is 24.2 Å². The lowest BCUT2D eigenvalue weighted by atomic mass is 10.1. The largest absolute Gasteiger partial charge is 0.424 e. The minimum Gasteiger partial charge on any atom is -0.424 e. The number of carbonyl (C=O) groups excluding carboxylic acids is 1. The van der Waals surface area contributed by atoms with E-state index in [1.165, 1.54) is 0 Å². The summed E-state index contributed by atoms with van der Waals surface area (Å²) in [6.07, 6.45) is 4.13. The molecule has 2 fully saturated rings. The second-order valence-corrected chi connectivity index (χ2v) is 8.33. The number of anilines is 1. The van der Waals surface area contributed by atoms with E-state index < -0.39 is 0 Å². The van der Waals surface area contributed by atoms with Gasteiger partial charge in [-0.2, -0.15) is 4.98 Å². The summed E-state index contributed by atoms with van der Waals surface area (Å²) in [5, 5.41) is 9.74. The number of β-amino-alcohol motifs (C(OH)–C–C–N with tert-alkyl or cyclic N) is 1. The fourth-order valence-electron chi connectivity index (χ4n) is 4.55. The maximum Gasteiger partial charge on any atom is 0.292 e. The highest BCUT2D eigenvalue weighted by atomic mass is 16.4. The molecule has 0 bridgehead atoms. The van der Waals surface area contributed by atoms with Gasteiger partial charge >= 0.3 is 0 Å². The van der Waals surface area contributed by atoms with Crippen LogP contribution in [0.2, 0.25) is 0 Å². The third kappa shape index (κ3) is 3.05. The monoisotopic (exact) mass is 418 g/mol. The summed E-state index contributed by atoms with van der Waals surface area (Å²) in [6, 6.07) is 10.0. The number of aromatic nitrogens is 3. The minimum absolute atomic E-state index is 0.0274. The number of aliphatic hydroxyl groups excluding tert-OH is 1. The maximum absolute atomic E-state index is 13.1. The minimum atomic E-state index is -0.241. The van der Waals surface area contributed by atoms with Gasteiger partial charge in [0, 0.05) is 38.4 Å². The van der Waals surface area contributed by atoms with E-state index in [0.29, 0.717) is 42.5 Å². The lowest BCUT2D eigenvalue weighted by Crippen LogP contribution is -2.60. The summed E-state index contributed by atoms with van der Waals surface area (Å²) < 4.78 is 7.19. The predicted molar refractivity (Wildman–Crippen MR) is 114 cm³/mol. The van der Waals surface area contributed by atoms with Crippen LogP contribution in [-0.2, 0) is 0 Å². The summed E-state index contributed by atoms with van der Waals surface area (Å²) in [5.74, 6) is -0.0274. The maximum atomic E-state index is 13.1. The van der Waals surface area contributed by atoms with Crippen molar-refractivity contribution in [2.75, 3.05) is 31.9 Å². The Bertz CT molecular complexity index is 1310. The third-order valence-electron chi connectivity index (χ3n) is 6.32. The molecule has 9 heteroatoms. The van der Waals surface area contributed by atoms with Crippen LogP contribution in [0.4, 0.5) is 6.01 Å². The number of oxazole rings is 1. The molecule has 0 saturated carbocycles. The van der Waals surface area contributed by atoms with Crippen LogP contribution in [0.5, 0.6) is 0 Å². The van der Waals surface area contributed by atoms with Crippen molar-refractivity contribution in [3.8, 4) is 11.1 Å². The fourth-order valence-corrected chi connectivity index (χ4v) is 4.55. The number of nitrogen functional groups attached to an aromatic ring is 1. The van der Waals surface area contributed by atoms with E-state index >= 15 is 0 Å². The standard InChI is InChI=1S/C22H22N6O3/c23-22-25-17-7-13(1-3-19(17)31-22)14-2-4-20-24-8-18(28(20)9-14)21(30)27-10-15(11-27)26-6-5-16(29)12-26/h1-4,7-9,15-16,29H,5-6,10-12H2,(H2,23,25). The molecule has 0 spiro atoms. The van der Waals surface area contributed by atoms with Gasteiger partial charge < -0.3 is 20.2 Å². The highest BCUT2D eigenvalue weighted by Crippen LogP contribution is 2.27. The van der Waals surface area contributed by atoms with Crippen molar-refractivity contribution in [3.05, 3.63) is 48.4 Å². The number of hydrogen-bond acceptors (Lipinski definition) is 7. The Labute approximate surface area is 177 Å². The number of nitrogens with zero attached hydrogens (tertiary/aromatic N) is 5. The van der Waals surface area contributed by atoms with Gasteiger partial charge in [0.2, 0.25) is 0 Å². The fraction of sp³-hybridized carbons (Fsp3) is 0.318. The summed E-state index contributed by atoms with van der Waals surface area (Å²) in [5.41, 5.74) is 10.1. The molecule has 158 valence electrons. The number of pyridine rings is 1. The molecular formula is C22H22N6O3. The van der Waals surface area contributed by atoms with Gasteiger partial charge in [-0.25, -0.2) is 4.98 Å². The number of hydrogen-bond donors (Lipinski definition) is 2. The van der Waals surface area contributed by atoms with Crippen LogP contribution in [-0.4, -0.2) is 73.5 Å². The molecule has 0 radical (unpaired) electrons. The number of rotatable bonds is 3. The number of fused-ring (bicyclic) bond motifs is 2. The van der Waals surface area contributed by atoms with Crippen LogP contribution in [0.15, 0.2) is 47.1 Å². The molecule has 1 amide bonds. The Kier molecular flexibility index (Phi) is 4.02. The van der Waals surface area contributed by atoms with E-state index in [1.807, 2.05) is 45.8 Å². The number of carbonyl (C=O) groups is 1. The molecule has 1 aromatic carbocycles. The van der Waals surface area contributed by atoms with Crippen LogP contribution >= 0.6 is 0 Å². The van der Waals surface area contributed by atoms with Gasteiger partial charge in [0.15, 0.2) is 5.58 Å². The highest BCUT2D eigenvalue weighted by molar-refractivity contribution is 5.94. The zero-order valence-corrected chi connectivity index (χ0v) is 16.8. The summed E-state index contributed by atoms with van der Waals surface area (Å²) in [6.45, 7) is 2.97. The molecule has 3 aromatic heterocycles. The van der Waals surface area contributed by atoms with Crippen LogP contribution in [0.25, 0.3) is 27.9 Å². The van der Waals surface area contributed by atoms with Crippen LogP contribution in [0, 0.1) is 0 Å². The normalized spacial score (nSPS) is 20.0. The summed E-state index contributed by atoms with van der Waals surface area (Å²) >= 11 is 0. The topological polar surface area (TPSA) is 113 Å². The molecule has 2 aliphatic rings. The van der Waals surface area contributed by atoms with Gasteiger partial charge in [-0.05, 0) is 41.8 Å².